The van der Waals surface area contributed by atoms with Crippen LogP contribution in [0.25, 0.3) is 0 Å². The van der Waals surface area contributed by atoms with Crippen LogP contribution in [0.5, 0.6) is 5.75 Å². The summed E-state index contributed by atoms with van der Waals surface area (Å²) in [4.78, 5) is 0. The number of halogens is 3. The lowest BCUT2D eigenvalue weighted by Crippen LogP contribution is -2.19. The predicted molar refractivity (Wildman–Crippen MR) is 70.3 cm³/mol. The SMILES string of the molecule is C.C[C@H]1CCC[C@@H]1Oc1ccc(C#N)c(C(F)(F)F)c1. The molecule has 1 aliphatic rings. The molecule has 2 rings (SSSR count). The van der Waals surface area contributed by atoms with E-state index >= 15 is 0 Å². The zero-order chi connectivity index (χ0) is 14.0. The van der Waals surface area contributed by atoms with Gasteiger partial charge in [0.15, 0.2) is 0 Å². The highest BCUT2D eigenvalue weighted by atomic mass is 19.4. The Morgan fingerprint density at radius 1 is 1.30 bits per heavy atom. The topological polar surface area (TPSA) is 33.0 Å². The molecule has 110 valence electrons. The molecule has 0 aromatic heterocycles. The molecule has 1 aliphatic carbocycles. The third kappa shape index (κ3) is 3.44. The van der Waals surface area contributed by atoms with E-state index in [1.165, 1.54) is 6.07 Å². The second kappa shape index (κ2) is 6.17. The van der Waals surface area contributed by atoms with E-state index in [9.17, 15) is 13.2 Å². The first-order valence-electron chi connectivity index (χ1n) is 6.20. The van der Waals surface area contributed by atoms with Crippen molar-refractivity contribution < 1.29 is 17.9 Å². The van der Waals surface area contributed by atoms with Gasteiger partial charge in [0.2, 0.25) is 0 Å². The second-order valence-electron chi connectivity index (χ2n) is 4.88. The van der Waals surface area contributed by atoms with Crippen LogP contribution < -0.4 is 4.74 Å². The molecule has 2 nitrogen and oxygen atoms in total. The van der Waals surface area contributed by atoms with E-state index in [0.717, 1.165) is 31.4 Å². The summed E-state index contributed by atoms with van der Waals surface area (Å²) in [5.74, 6) is 0.537. The van der Waals surface area contributed by atoms with Gasteiger partial charge in [0.05, 0.1) is 17.2 Å². The Morgan fingerprint density at radius 2 is 2.00 bits per heavy atom. The molecule has 0 aliphatic heterocycles. The van der Waals surface area contributed by atoms with Crippen molar-refractivity contribution in [2.75, 3.05) is 0 Å². The molecule has 1 saturated carbocycles. The van der Waals surface area contributed by atoms with Crippen LogP contribution in [0.15, 0.2) is 18.2 Å². The standard InChI is InChI=1S/C14H14F3NO.CH4/c1-9-3-2-4-13(9)19-11-6-5-10(8-18)12(7-11)14(15,16)17;/h5-7,9,13H,2-4H2,1H3;1H4/t9-,13-;/m0./s1. The van der Waals surface area contributed by atoms with E-state index in [1.54, 1.807) is 6.07 Å². The summed E-state index contributed by atoms with van der Waals surface area (Å²) >= 11 is 0. The van der Waals surface area contributed by atoms with Gasteiger partial charge in [0, 0.05) is 0 Å². The molecule has 20 heavy (non-hydrogen) atoms. The van der Waals surface area contributed by atoms with E-state index in [1.807, 2.05) is 6.92 Å². The summed E-state index contributed by atoms with van der Waals surface area (Å²) in [6, 6.07) is 5.07. The first kappa shape index (κ1) is 16.4. The molecule has 5 heteroatoms. The van der Waals surface area contributed by atoms with Crippen molar-refractivity contribution in [1.29, 1.82) is 5.26 Å². The van der Waals surface area contributed by atoms with Crippen molar-refractivity contribution in [2.24, 2.45) is 5.92 Å². The van der Waals surface area contributed by atoms with Crippen molar-refractivity contribution in [1.82, 2.24) is 0 Å². The Labute approximate surface area is 117 Å². The molecule has 1 aromatic rings. The fourth-order valence-corrected chi connectivity index (χ4v) is 2.39. The molecule has 0 heterocycles. The number of nitrogens with zero attached hydrogens (tertiary/aromatic N) is 1. The zero-order valence-corrected chi connectivity index (χ0v) is 10.5. The van der Waals surface area contributed by atoms with Crippen LogP contribution >= 0.6 is 0 Å². The molecule has 2 atom stereocenters. The van der Waals surface area contributed by atoms with Gasteiger partial charge in [-0.25, -0.2) is 0 Å². The second-order valence-corrected chi connectivity index (χ2v) is 4.88. The molecular weight excluding hydrogens is 267 g/mol. The van der Waals surface area contributed by atoms with Crippen molar-refractivity contribution in [3.8, 4) is 11.8 Å². The van der Waals surface area contributed by atoms with Crippen LogP contribution in [0.4, 0.5) is 13.2 Å². The minimum Gasteiger partial charge on any atom is -0.490 e. The van der Waals surface area contributed by atoms with Gasteiger partial charge in [0.25, 0.3) is 0 Å². The Morgan fingerprint density at radius 3 is 2.50 bits per heavy atom. The van der Waals surface area contributed by atoms with Gasteiger partial charge in [-0.1, -0.05) is 14.4 Å². The highest BCUT2D eigenvalue weighted by Gasteiger charge is 2.34. The molecule has 0 amide bonds. The highest BCUT2D eigenvalue weighted by molar-refractivity contribution is 5.44. The van der Waals surface area contributed by atoms with Crippen LogP contribution in [0.1, 0.15) is 44.7 Å². The Kier molecular flexibility index (Phi) is 5.04. The first-order chi connectivity index (χ1) is 8.91. The van der Waals surface area contributed by atoms with E-state index < -0.39 is 11.7 Å². The summed E-state index contributed by atoms with van der Waals surface area (Å²) < 4.78 is 44.0. The number of alkyl halides is 3. The summed E-state index contributed by atoms with van der Waals surface area (Å²) in [5, 5.41) is 8.71. The quantitative estimate of drug-likeness (QED) is 0.783. The number of ether oxygens (including phenoxy) is 1. The molecule has 0 spiro atoms. The van der Waals surface area contributed by atoms with Crippen LogP contribution in [0.2, 0.25) is 0 Å². The van der Waals surface area contributed by atoms with Crippen molar-refractivity contribution in [2.45, 2.75) is 45.9 Å². The highest BCUT2D eigenvalue weighted by Crippen LogP contribution is 2.36. The molecule has 0 saturated heterocycles. The molecule has 0 N–H and O–H groups in total. The van der Waals surface area contributed by atoms with Crippen LogP contribution in [0, 0.1) is 17.2 Å². The van der Waals surface area contributed by atoms with Crippen LogP contribution in [0.3, 0.4) is 0 Å². The maximum atomic E-state index is 12.8. The average molecular weight is 285 g/mol. The molecule has 0 unspecified atom stereocenters. The lowest BCUT2D eigenvalue weighted by atomic mass is 10.1. The van der Waals surface area contributed by atoms with E-state index in [2.05, 4.69) is 0 Å². The maximum Gasteiger partial charge on any atom is 0.417 e. The van der Waals surface area contributed by atoms with Gasteiger partial charge in [-0.05, 0) is 43.4 Å². The molecule has 1 aromatic carbocycles. The van der Waals surface area contributed by atoms with Gasteiger partial charge < -0.3 is 4.74 Å². The molecular formula is C15H18F3NO. The maximum absolute atomic E-state index is 12.8. The molecule has 0 radical (unpaired) electrons. The van der Waals surface area contributed by atoms with Crippen molar-refractivity contribution in [3.05, 3.63) is 29.3 Å². The largest absolute Gasteiger partial charge is 0.490 e. The van der Waals surface area contributed by atoms with E-state index in [4.69, 9.17) is 10.00 Å². The van der Waals surface area contributed by atoms with Gasteiger partial charge in [-0.15, -0.1) is 0 Å². The summed E-state index contributed by atoms with van der Waals surface area (Å²) in [7, 11) is 0. The average Bonchev–Trinajstić information content (AvgIpc) is 2.74. The summed E-state index contributed by atoms with van der Waals surface area (Å²) in [5.41, 5.74) is -1.31. The van der Waals surface area contributed by atoms with Crippen LogP contribution in [-0.4, -0.2) is 6.10 Å². The minimum atomic E-state index is -4.54. The zero-order valence-electron chi connectivity index (χ0n) is 10.5. The van der Waals surface area contributed by atoms with Gasteiger partial charge >= 0.3 is 6.18 Å². The van der Waals surface area contributed by atoms with E-state index in [-0.39, 0.29) is 24.8 Å². The Bertz CT molecular complexity index is 505. The Hall–Kier alpha value is -1.70. The minimum absolute atomic E-state index is 0. The van der Waals surface area contributed by atoms with Crippen molar-refractivity contribution >= 4 is 0 Å². The third-order valence-corrected chi connectivity index (χ3v) is 3.49. The van der Waals surface area contributed by atoms with Gasteiger partial charge in [-0.2, -0.15) is 18.4 Å². The number of rotatable bonds is 2. The smallest absolute Gasteiger partial charge is 0.417 e. The number of benzene rings is 1. The number of hydrogen-bond acceptors (Lipinski definition) is 2. The summed E-state index contributed by atoms with van der Waals surface area (Å²) in [6.07, 6.45) is -1.63. The lowest BCUT2D eigenvalue weighted by Gasteiger charge is -2.19. The normalized spacial score (nSPS) is 21.9. The number of hydrogen-bond donors (Lipinski definition) is 0. The van der Waals surface area contributed by atoms with Crippen molar-refractivity contribution in [3.63, 3.8) is 0 Å². The Balaban J connectivity index is 0.00000200. The molecule has 1 fully saturated rings. The summed E-state index contributed by atoms with van der Waals surface area (Å²) in [6.45, 7) is 2.03. The molecule has 0 bridgehead atoms. The van der Waals surface area contributed by atoms with Crippen LogP contribution in [-0.2, 0) is 6.18 Å². The third-order valence-electron chi connectivity index (χ3n) is 3.49. The first-order valence-corrected chi connectivity index (χ1v) is 6.20. The monoisotopic (exact) mass is 285 g/mol. The number of nitriles is 1. The fourth-order valence-electron chi connectivity index (χ4n) is 2.39. The van der Waals surface area contributed by atoms with Gasteiger partial charge in [0.1, 0.15) is 11.9 Å². The van der Waals surface area contributed by atoms with Gasteiger partial charge in [-0.3, -0.25) is 0 Å². The lowest BCUT2D eigenvalue weighted by molar-refractivity contribution is -0.137. The van der Waals surface area contributed by atoms with E-state index in [0.29, 0.717) is 5.92 Å². The predicted octanol–water partition coefficient (Wildman–Crippen LogP) is 4.78. The fraction of sp³-hybridized carbons (Fsp3) is 0.533.